The Kier molecular flexibility index (Phi) is 6.70. The van der Waals surface area contributed by atoms with Gasteiger partial charge in [-0.25, -0.2) is 0 Å². The molecule has 212 valence electrons. The molecule has 14 heteroatoms. The molecule has 0 spiro atoms. The first-order valence-corrected chi connectivity index (χ1v) is 14.7. The van der Waals surface area contributed by atoms with Gasteiger partial charge in [-0.3, -0.25) is 28.1 Å². The highest BCUT2D eigenvalue weighted by Crippen LogP contribution is 2.21. The van der Waals surface area contributed by atoms with Crippen LogP contribution in [0.15, 0.2) is 72.8 Å². The van der Waals surface area contributed by atoms with E-state index in [1.54, 1.807) is 31.9 Å². The molecule has 42 heavy (non-hydrogen) atoms. The minimum Gasteiger partial charge on any atom is -0.463 e. The zero-order valence-electron chi connectivity index (χ0n) is 21.9. The Morgan fingerprint density at radius 1 is 0.643 bits per heavy atom. The largest absolute Gasteiger partial charge is 0.463 e. The van der Waals surface area contributed by atoms with Gasteiger partial charge in [0.05, 0.1) is 46.8 Å². The number of fused-ring (bicyclic) bond motifs is 6. The van der Waals surface area contributed by atoms with Crippen LogP contribution in [-0.2, 0) is 19.6 Å². The van der Waals surface area contributed by atoms with Crippen molar-refractivity contribution in [3.05, 3.63) is 89.4 Å². The third-order valence-corrected chi connectivity index (χ3v) is 8.19. The Morgan fingerprint density at radius 2 is 1.19 bits per heavy atom. The predicted molar refractivity (Wildman–Crippen MR) is 160 cm³/mol. The minimum absolute atomic E-state index is 0.0110. The van der Waals surface area contributed by atoms with E-state index in [-0.39, 0.29) is 16.7 Å². The lowest BCUT2D eigenvalue weighted by Crippen LogP contribution is -2.18. The zero-order chi connectivity index (χ0) is 28.8. The summed E-state index contributed by atoms with van der Waals surface area (Å²) in [6.07, 6.45) is 0. The molecule has 0 saturated heterocycles. The maximum atomic E-state index is 12.0. The summed E-state index contributed by atoms with van der Waals surface area (Å²) in [5.41, 5.74) is 1.35. The molecule has 0 atom stereocenters. The predicted octanol–water partition coefficient (Wildman–Crippen LogP) is 3.19. The standard InChI is InChI=1S/C10H7BrN2O2.C10H8N2O2.C8H6N2O2S/c11-6-1-2-8-7(5-6)9(14)13-3-4-15-10(13)12-8;13-9-7-3-1-2-4-8(7)11-10-12(9)5-6-14-10;11-7-5-1-4-13-6(5)9-8-10(7)2-3-12-8/h1-2,5H,3-4H2;1-4H,5-6H2;1,4H,2-3H2. The van der Waals surface area contributed by atoms with Crippen LogP contribution in [0.4, 0.5) is 0 Å². The van der Waals surface area contributed by atoms with Crippen molar-refractivity contribution in [3.8, 4) is 18.0 Å². The van der Waals surface area contributed by atoms with Gasteiger partial charge in [0.25, 0.3) is 28.7 Å². The van der Waals surface area contributed by atoms with Gasteiger partial charge in [0.1, 0.15) is 24.7 Å². The fourth-order valence-corrected chi connectivity index (χ4v) is 5.96. The van der Waals surface area contributed by atoms with Gasteiger partial charge in [-0.2, -0.15) is 15.0 Å². The average Bonchev–Trinajstić information content (AvgIpc) is 3.82. The lowest BCUT2D eigenvalue weighted by molar-refractivity contribution is 0.345. The number of ether oxygens (including phenoxy) is 3. The second-order valence-corrected chi connectivity index (χ2v) is 11.2. The van der Waals surface area contributed by atoms with Crippen molar-refractivity contribution >= 4 is 59.3 Å². The minimum atomic E-state index is -0.0335. The molecule has 0 aliphatic carbocycles. The Morgan fingerprint density at radius 3 is 1.86 bits per heavy atom. The summed E-state index contributed by atoms with van der Waals surface area (Å²) in [7, 11) is 0. The molecule has 3 aliphatic rings. The number of benzene rings is 2. The van der Waals surface area contributed by atoms with Gasteiger partial charge in [0.15, 0.2) is 0 Å². The van der Waals surface area contributed by atoms with Gasteiger partial charge in [-0.1, -0.05) is 28.1 Å². The van der Waals surface area contributed by atoms with E-state index in [1.165, 1.54) is 11.3 Å². The van der Waals surface area contributed by atoms with Crippen molar-refractivity contribution < 1.29 is 14.2 Å². The maximum Gasteiger partial charge on any atom is 0.300 e. The van der Waals surface area contributed by atoms with Crippen LogP contribution in [0, 0.1) is 0 Å². The highest BCUT2D eigenvalue weighted by molar-refractivity contribution is 9.10. The number of hydrogen-bond acceptors (Lipinski definition) is 10. The summed E-state index contributed by atoms with van der Waals surface area (Å²) in [6.45, 7) is 3.43. The van der Waals surface area contributed by atoms with E-state index in [4.69, 9.17) is 14.2 Å². The molecular formula is C28H21BrN6O6S. The van der Waals surface area contributed by atoms with E-state index in [9.17, 15) is 14.4 Å². The summed E-state index contributed by atoms with van der Waals surface area (Å²) < 4.78 is 21.3. The molecule has 6 aromatic rings. The van der Waals surface area contributed by atoms with Crippen LogP contribution >= 0.6 is 27.3 Å². The maximum absolute atomic E-state index is 12.0. The van der Waals surface area contributed by atoms with E-state index in [0.717, 1.165) is 9.30 Å². The average molecular weight is 649 g/mol. The van der Waals surface area contributed by atoms with E-state index in [0.29, 0.717) is 84.7 Å². The topological polar surface area (TPSA) is 132 Å². The number of halogens is 1. The van der Waals surface area contributed by atoms with Crippen LogP contribution in [0.2, 0.25) is 0 Å². The molecule has 0 N–H and O–H groups in total. The molecule has 7 heterocycles. The fourth-order valence-electron chi connectivity index (χ4n) is 4.86. The highest BCUT2D eigenvalue weighted by atomic mass is 79.9. The number of hydrogen-bond donors (Lipinski definition) is 0. The molecule has 0 unspecified atom stereocenters. The summed E-state index contributed by atoms with van der Waals surface area (Å²) in [6, 6.07) is 15.9. The van der Waals surface area contributed by atoms with Crippen molar-refractivity contribution in [2.24, 2.45) is 0 Å². The second-order valence-electron chi connectivity index (χ2n) is 9.42. The lowest BCUT2D eigenvalue weighted by Gasteiger charge is -2.02. The number of para-hydroxylation sites is 1. The van der Waals surface area contributed by atoms with Crippen molar-refractivity contribution in [2.45, 2.75) is 19.6 Å². The van der Waals surface area contributed by atoms with Crippen LogP contribution in [0.5, 0.6) is 18.0 Å². The van der Waals surface area contributed by atoms with E-state index in [1.807, 2.05) is 35.7 Å². The highest BCUT2D eigenvalue weighted by Gasteiger charge is 2.19. The molecule has 0 saturated carbocycles. The fraction of sp³-hybridized carbons (Fsp3) is 0.214. The summed E-state index contributed by atoms with van der Waals surface area (Å²) in [5.74, 6) is 0. The molecule has 2 aromatic carbocycles. The summed E-state index contributed by atoms with van der Waals surface area (Å²) in [5, 5.41) is 3.84. The Balaban J connectivity index is 0.000000103. The first kappa shape index (κ1) is 26.3. The SMILES string of the molecule is O=c1c2cc(Br)ccc2nc2n1CCO2.O=c1c2ccccc2nc2n1CCO2.O=c1c2ccsc2nc2n1CCO2. The van der Waals surface area contributed by atoms with Crippen LogP contribution in [0.25, 0.3) is 32.0 Å². The monoisotopic (exact) mass is 648 g/mol. The summed E-state index contributed by atoms with van der Waals surface area (Å²) in [4.78, 5) is 49.1. The van der Waals surface area contributed by atoms with Crippen molar-refractivity contribution in [1.29, 1.82) is 0 Å². The number of rotatable bonds is 0. The van der Waals surface area contributed by atoms with Gasteiger partial charge < -0.3 is 14.2 Å². The Bertz CT molecular complexity index is 2190. The third kappa shape index (κ3) is 4.61. The molecular weight excluding hydrogens is 628 g/mol. The van der Waals surface area contributed by atoms with E-state index < -0.39 is 0 Å². The molecule has 4 aromatic heterocycles. The van der Waals surface area contributed by atoms with Crippen LogP contribution in [0.3, 0.4) is 0 Å². The van der Waals surface area contributed by atoms with Crippen LogP contribution in [-0.4, -0.2) is 48.5 Å². The number of aromatic nitrogens is 6. The number of thiophene rings is 1. The van der Waals surface area contributed by atoms with E-state index >= 15 is 0 Å². The van der Waals surface area contributed by atoms with Crippen LogP contribution in [0.1, 0.15) is 0 Å². The zero-order valence-corrected chi connectivity index (χ0v) is 24.3. The van der Waals surface area contributed by atoms with Gasteiger partial charge in [-0.15, -0.1) is 11.3 Å². The molecule has 3 aliphatic heterocycles. The quantitative estimate of drug-likeness (QED) is 0.243. The normalized spacial score (nSPS) is 14.1. The number of nitrogens with zero attached hydrogens (tertiary/aromatic N) is 6. The lowest BCUT2D eigenvalue weighted by atomic mass is 10.2. The van der Waals surface area contributed by atoms with Crippen molar-refractivity contribution in [2.75, 3.05) is 19.8 Å². The van der Waals surface area contributed by atoms with Crippen LogP contribution < -0.4 is 30.9 Å². The molecule has 9 rings (SSSR count). The van der Waals surface area contributed by atoms with Crippen molar-refractivity contribution in [3.63, 3.8) is 0 Å². The second kappa shape index (κ2) is 10.7. The molecule has 12 nitrogen and oxygen atoms in total. The molecule has 0 bridgehead atoms. The first-order valence-electron chi connectivity index (χ1n) is 13.0. The van der Waals surface area contributed by atoms with Gasteiger partial charge in [0.2, 0.25) is 0 Å². The van der Waals surface area contributed by atoms with Gasteiger partial charge >= 0.3 is 6.01 Å². The third-order valence-electron chi connectivity index (χ3n) is 6.89. The molecule has 0 amide bonds. The van der Waals surface area contributed by atoms with E-state index in [2.05, 4.69) is 30.9 Å². The Labute approximate surface area is 248 Å². The van der Waals surface area contributed by atoms with Gasteiger partial charge in [0, 0.05) is 4.47 Å². The van der Waals surface area contributed by atoms with Crippen molar-refractivity contribution in [1.82, 2.24) is 28.7 Å². The van der Waals surface area contributed by atoms with Gasteiger partial charge in [-0.05, 0) is 41.8 Å². The smallest absolute Gasteiger partial charge is 0.300 e. The molecule has 0 fully saturated rings. The first-order chi connectivity index (χ1) is 20.5. The molecule has 0 radical (unpaired) electrons. The Hall–Kier alpha value is -4.56. The summed E-state index contributed by atoms with van der Waals surface area (Å²) >= 11 is 4.80.